The fourth-order valence-electron chi connectivity index (χ4n) is 3.40. The molecule has 2 aliphatic rings. The normalized spacial score (nSPS) is 20.0. The molecule has 0 unspecified atom stereocenters. The first-order valence-electron chi connectivity index (χ1n) is 7.76. The largest absolute Gasteiger partial charge is 0.497 e. The number of ether oxygens (including phenoxy) is 1. The van der Waals surface area contributed by atoms with Gasteiger partial charge in [-0.15, -0.1) is 0 Å². The Balaban J connectivity index is 1.74. The highest BCUT2D eigenvalue weighted by Crippen LogP contribution is 2.35. The summed E-state index contributed by atoms with van der Waals surface area (Å²) in [6, 6.07) is 2.97. The van der Waals surface area contributed by atoms with Crippen molar-refractivity contribution in [2.24, 2.45) is 0 Å². The van der Waals surface area contributed by atoms with Crippen LogP contribution in [0.5, 0.6) is 5.75 Å². The number of imide groups is 1. The van der Waals surface area contributed by atoms with E-state index in [1.165, 1.54) is 25.3 Å². The maximum absolute atomic E-state index is 12.6. The maximum Gasteiger partial charge on any atom is 0.327 e. The summed E-state index contributed by atoms with van der Waals surface area (Å²) in [4.78, 5) is 45.5. The summed E-state index contributed by atoms with van der Waals surface area (Å²) < 4.78 is 5.12. The second-order valence-electron chi connectivity index (χ2n) is 6.11. The lowest BCUT2D eigenvalue weighted by atomic mass is 9.86. The smallest absolute Gasteiger partial charge is 0.327 e. The number of carbonyl (C=O) groups is 3. The van der Waals surface area contributed by atoms with Gasteiger partial charge >= 0.3 is 6.03 Å². The van der Waals surface area contributed by atoms with Crippen LogP contribution in [0.15, 0.2) is 18.3 Å². The molecule has 0 aliphatic carbocycles. The zero-order valence-electron chi connectivity index (χ0n) is 14.0. The molecule has 8 nitrogen and oxygen atoms in total. The first-order valence-corrected chi connectivity index (χ1v) is 7.76. The first kappa shape index (κ1) is 16.2. The minimum absolute atomic E-state index is 0.193. The molecule has 0 radical (unpaired) electrons. The fourth-order valence-corrected chi connectivity index (χ4v) is 3.40. The molecule has 1 spiro atoms. The summed E-state index contributed by atoms with van der Waals surface area (Å²) in [5.41, 5.74) is -0.519. The Morgan fingerprint density at radius 1 is 1.25 bits per heavy atom. The highest BCUT2D eigenvalue weighted by Gasteiger charge is 2.55. The minimum Gasteiger partial charge on any atom is -0.497 e. The number of piperidine rings is 1. The lowest BCUT2D eigenvalue weighted by Gasteiger charge is -2.40. The van der Waals surface area contributed by atoms with Crippen LogP contribution < -0.4 is 4.74 Å². The van der Waals surface area contributed by atoms with Crippen molar-refractivity contribution >= 4 is 17.8 Å². The summed E-state index contributed by atoms with van der Waals surface area (Å²) in [5, 5.41) is 0. The van der Waals surface area contributed by atoms with Crippen molar-refractivity contribution in [1.82, 2.24) is 19.7 Å². The second-order valence-corrected chi connectivity index (χ2v) is 6.11. The molecule has 1 aromatic heterocycles. The number of aromatic nitrogens is 1. The number of urea groups is 1. The van der Waals surface area contributed by atoms with Gasteiger partial charge in [-0.25, -0.2) is 4.79 Å². The number of hydrogen-bond acceptors (Lipinski definition) is 5. The van der Waals surface area contributed by atoms with Gasteiger partial charge in [0, 0.05) is 39.4 Å². The quantitative estimate of drug-likeness (QED) is 0.740. The number of nitrogens with zero attached hydrogens (tertiary/aromatic N) is 4. The number of amides is 4. The molecule has 0 bridgehead atoms. The Hall–Kier alpha value is -2.64. The monoisotopic (exact) mass is 332 g/mol. The van der Waals surface area contributed by atoms with E-state index in [2.05, 4.69) is 4.98 Å². The van der Waals surface area contributed by atoms with Crippen molar-refractivity contribution in [1.29, 1.82) is 0 Å². The van der Waals surface area contributed by atoms with Gasteiger partial charge in [0.1, 0.15) is 17.0 Å². The number of likely N-dealkylation sites (tertiary alicyclic amines) is 1. The highest BCUT2D eigenvalue weighted by molar-refractivity contribution is 6.06. The van der Waals surface area contributed by atoms with Crippen molar-refractivity contribution in [2.45, 2.75) is 18.4 Å². The average Bonchev–Trinajstić information content (AvgIpc) is 2.78. The van der Waals surface area contributed by atoms with Crippen LogP contribution in [0.1, 0.15) is 23.3 Å². The van der Waals surface area contributed by atoms with Crippen molar-refractivity contribution in [3.05, 3.63) is 24.0 Å². The third-order valence-corrected chi connectivity index (χ3v) is 4.98. The lowest BCUT2D eigenvalue weighted by molar-refractivity contribution is -0.134. The standard InChI is InChI=1S/C16H20N4O4/c1-18-14(22)16(19(2)15(18)23)5-8-20(9-6-16)13(21)12-10-11(24-3)4-7-17-12/h4,7,10H,5-6,8-9H2,1-3H3. The van der Waals surface area contributed by atoms with Crippen LogP contribution in [-0.4, -0.2) is 77.4 Å². The van der Waals surface area contributed by atoms with Crippen molar-refractivity contribution < 1.29 is 19.1 Å². The first-order chi connectivity index (χ1) is 11.4. The van der Waals surface area contributed by atoms with Crippen LogP contribution in [0.2, 0.25) is 0 Å². The molecule has 1 aromatic rings. The van der Waals surface area contributed by atoms with E-state index >= 15 is 0 Å². The Morgan fingerprint density at radius 2 is 1.92 bits per heavy atom. The van der Waals surface area contributed by atoms with Crippen LogP contribution in [0, 0.1) is 0 Å². The summed E-state index contributed by atoms with van der Waals surface area (Å²) in [5.74, 6) is 0.179. The summed E-state index contributed by atoms with van der Waals surface area (Å²) >= 11 is 0. The van der Waals surface area contributed by atoms with E-state index in [1.54, 1.807) is 24.1 Å². The number of likely N-dealkylation sites (N-methyl/N-ethyl adjacent to an activating group) is 2. The van der Waals surface area contributed by atoms with Gasteiger partial charge in [0.2, 0.25) is 0 Å². The molecule has 0 N–H and O–H groups in total. The van der Waals surface area contributed by atoms with E-state index in [-0.39, 0.29) is 17.8 Å². The van der Waals surface area contributed by atoms with Crippen LogP contribution in [0.25, 0.3) is 0 Å². The van der Waals surface area contributed by atoms with Crippen LogP contribution in [0.4, 0.5) is 4.79 Å². The molecule has 2 fully saturated rings. The minimum atomic E-state index is -0.829. The Kier molecular flexibility index (Phi) is 3.90. The SMILES string of the molecule is COc1ccnc(C(=O)N2CCC3(CC2)C(=O)N(C)C(=O)N3C)c1. The zero-order valence-corrected chi connectivity index (χ0v) is 14.0. The molecule has 2 aliphatic heterocycles. The van der Waals surface area contributed by atoms with Crippen molar-refractivity contribution in [2.75, 3.05) is 34.3 Å². The van der Waals surface area contributed by atoms with Crippen LogP contribution in [0.3, 0.4) is 0 Å². The molecule has 3 rings (SSSR count). The van der Waals surface area contributed by atoms with Gasteiger partial charge in [-0.05, 0) is 18.9 Å². The van der Waals surface area contributed by atoms with Gasteiger partial charge in [-0.2, -0.15) is 0 Å². The molecule has 2 saturated heterocycles. The molecule has 4 amide bonds. The van der Waals surface area contributed by atoms with Gasteiger partial charge in [-0.1, -0.05) is 0 Å². The highest BCUT2D eigenvalue weighted by atomic mass is 16.5. The zero-order chi connectivity index (χ0) is 17.5. The third kappa shape index (κ3) is 2.29. The predicted octanol–water partition coefficient (Wildman–Crippen LogP) is 0.589. The fraction of sp³-hybridized carbons (Fsp3) is 0.500. The summed E-state index contributed by atoms with van der Waals surface area (Å²) in [6.07, 6.45) is 2.38. The molecular weight excluding hydrogens is 312 g/mol. The molecule has 24 heavy (non-hydrogen) atoms. The van der Waals surface area contributed by atoms with E-state index in [0.717, 1.165) is 4.90 Å². The van der Waals surface area contributed by atoms with Crippen molar-refractivity contribution in [3.8, 4) is 5.75 Å². The summed E-state index contributed by atoms with van der Waals surface area (Å²) in [7, 11) is 4.67. The Morgan fingerprint density at radius 3 is 2.46 bits per heavy atom. The van der Waals surface area contributed by atoms with Gasteiger partial charge in [0.25, 0.3) is 11.8 Å². The lowest BCUT2D eigenvalue weighted by Crippen LogP contribution is -2.56. The predicted molar refractivity (Wildman–Crippen MR) is 84.6 cm³/mol. The van der Waals surface area contributed by atoms with E-state index in [4.69, 9.17) is 4.74 Å². The van der Waals surface area contributed by atoms with Gasteiger partial charge in [-0.3, -0.25) is 19.5 Å². The Labute approximate surface area is 140 Å². The molecule has 8 heteroatoms. The molecule has 0 saturated carbocycles. The number of hydrogen-bond donors (Lipinski definition) is 0. The number of pyridine rings is 1. The molecule has 3 heterocycles. The number of rotatable bonds is 2. The molecule has 128 valence electrons. The van der Waals surface area contributed by atoms with E-state index in [0.29, 0.717) is 37.4 Å². The second kappa shape index (κ2) is 5.77. The Bertz CT molecular complexity index is 697. The molecule has 0 aromatic carbocycles. The average molecular weight is 332 g/mol. The maximum atomic E-state index is 12.6. The van der Waals surface area contributed by atoms with Gasteiger partial charge < -0.3 is 14.5 Å². The van der Waals surface area contributed by atoms with E-state index in [9.17, 15) is 14.4 Å². The third-order valence-electron chi connectivity index (χ3n) is 4.98. The van der Waals surface area contributed by atoms with Gasteiger partial charge in [0.05, 0.1) is 7.11 Å². The summed E-state index contributed by atoms with van der Waals surface area (Å²) in [6.45, 7) is 0.795. The topological polar surface area (TPSA) is 83.0 Å². The van der Waals surface area contributed by atoms with Crippen LogP contribution >= 0.6 is 0 Å². The number of carbonyl (C=O) groups excluding carboxylic acids is 3. The van der Waals surface area contributed by atoms with Crippen molar-refractivity contribution in [3.63, 3.8) is 0 Å². The van der Waals surface area contributed by atoms with E-state index in [1.807, 2.05) is 0 Å². The molecular formula is C16H20N4O4. The van der Waals surface area contributed by atoms with Gasteiger partial charge in [0.15, 0.2) is 0 Å². The molecule has 0 atom stereocenters. The number of methoxy groups -OCH3 is 1. The van der Waals surface area contributed by atoms with E-state index < -0.39 is 5.54 Å². The van der Waals surface area contributed by atoms with Crippen LogP contribution in [-0.2, 0) is 4.79 Å².